The highest BCUT2D eigenvalue weighted by Crippen LogP contribution is 2.21. The second-order valence-corrected chi connectivity index (χ2v) is 8.65. The Labute approximate surface area is 168 Å². The summed E-state index contributed by atoms with van der Waals surface area (Å²) in [6.07, 6.45) is 1.48. The van der Waals surface area contributed by atoms with E-state index < -0.39 is 27.8 Å². The maximum absolute atomic E-state index is 12.9. The number of carbonyl (C=O) groups excluding carboxylic acids is 1. The summed E-state index contributed by atoms with van der Waals surface area (Å²) in [6, 6.07) is 12.1. The molecule has 0 aliphatic rings. The molecule has 0 bridgehead atoms. The van der Waals surface area contributed by atoms with Crippen molar-refractivity contribution in [3.05, 3.63) is 76.5 Å². The van der Waals surface area contributed by atoms with Crippen molar-refractivity contribution in [1.29, 1.82) is 0 Å². The first kappa shape index (κ1) is 20.5. The quantitative estimate of drug-likeness (QED) is 0.633. The van der Waals surface area contributed by atoms with Gasteiger partial charge >= 0.3 is 0 Å². The normalized spacial score (nSPS) is 11.6. The minimum absolute atomic E-state index is 0.0712. The molecular formula is C20H21N3O5S. The fourth-order valence-corrected chi connectivity index (χ4v) is 3.82. The predicted octanol–water partition coefficient (Wildman–Crippen LogP) is 2.11. The van der Waals surface area contributed by atoms with E-state index in [2.05, 4.69) is 10.4 Å². The van der Waals surface area contributed by atoms with Gasteiger partial charge in [0.1, 0.15) is 12.3 Å². The van der Waals surface area contributed by atoms with Crippen molar-refractivity contribution in [3.63, 3.8) is 0 Å². The van der Waals surface area contributed by atoms with Crippen LogP contribution in [0.2, 0.25) is 0 Å². The van der Waals surface area contributed by atoms with E-state index in [1.807, 2.05) is 13.8 Å². The van der Waals surface area contributed by atoms with E-state index in [-0.39, 0.29) is 22.4 Å². The van der Waals surface area contributed by atoms with Crippen LogP contribution in [0.4, 0.5) is 0 Å². The molecule has 1 amide bonds. The van der Waals surface area contributed by atoms with Crippen molar-refractivity contribution in [2.75, 3.05) is 0 Å². The van der Waals surface area contributed by atoms with Crippen LogP contribution in [0.5, 0.6) is 0 Å². The van der Waals surface area contributed by atoms with Crippen LogP contribution in [-0.4, -0.2) is 24.1 Å². The van der Waals surface area contributed by atoms with Gasteiger partial charge in [0.15, 0.2) is 5.03 Å². The Kier molecular flexibility index (Phi) is 5.97. The highest BCUT2D eigenvalue weighted by Gasteiger charge is 2.21. The average Bonchev–Trinajstić information content (AvgIpc) is 3.21. The van der Waals surface area contributed by atoms with Gasteiger partial charge in [-0.25, -0.2) is 13.1 Å². The third kappa shape index (κ3) is 4.80. The zero-order valence-corrected chi connectivity index (χ0v) is 16.8. The molecular weight excluding hydrogens is 394 g/mol. The minimum Gasteiger partial charge on any atom is -0.467 e. The number of furan rings is 1. The zero-order valence-electron chi connectivity index (χ0n) is 16.0. The van der Waals surface area contributed by atoms with Crippen LogP contribution >= 0.6 is 0 Å². The van der Waals surface area contributed by atoms with Gasteiger partial charge in [0.25, 0.3) is 5.56 Å². The SMILES string of the molecule is CC(C)c1ccc(S(=O)(=O)c2ccc(=O)n(CC(=O)NCc3ccco3)n2)cc1. The lowest BCUT2D eigenvalue weighted by Gasteiger charge is -2.10. The van der Waals surface area contributed by atoms with Crippen molar-refractivity contribution in [2.24, 2.45) is 0 Å². The first-order chi connectivity index (χ1) is 13.8. The Morgan fingerprint density at radius 3 is 2.48 bits per heavy atom. The third-order valence-electron chi connectivity index (χ3n) is 4.31. The van der Waals surface area contributed by atoms with E-state index in [1.165, 1.54) is 18.4 Å². The summed E-state index contributed by atoms with van der Waals surface area (Å²) in [5.41, 5.74) is 0.433. The van der Waals surface area contributed by atoms with Crippen molar-refractivity contribution in [3.8, 4) is 0 Å². The molecule has 3 aromatic rings. The van der Waals surface area contributed by atoms with Crippen LogP contribution in [0.15, 0.2) is 73.9 Å². The summed E-state index contributed by atoms with van der Waals surface area (Å²) in [5, 5.41) is 6.18. The van der Waals surface area contributed by atoms with Gasteiger partial charge < -0.3 is 9.73 Å². The number of carbonyl (C=O) groups is 1. The van der Waals surface area contributed by atoms with E-state index in [1.54, 1.807) is 24.3 Å². The fraction of sp³-hybridized carbons (Fsp3) is 0.250. The highest BCUT2D eigenvalue weighted by atomic mass is 32.2. The van der Waals surface area contributed by atoms with Crippen LogP contribution in [0.3, 0.4) is 0 Å². The molecule has 152 valence electrons. The van der Waals surface area contributed by atoms with Gasteiger partial charge in [0, 0.05) is 6.07 Å². The number of nitrogens with one attached hydrogen (secondary N) is 1. The van der Waals surface area contributed by atoms with Gasteiger partial charge in [-0.15, -0.1) is 0 Å². The Bertz CT molecular complexity index is 1150. The minimum atomic E-state index is -3.92. The molecule has 0 fully saturated rings. The first-order valence-corrected chi connectivity index (χ1v) is 10.5. The molecule has 0 saturated carbocycles. The summed E-state index contributed by atoms with van der Waals surface area (Å²) < 4.78 is 31.7. The summed E-state index contributed by atoms with van der Waals surface area (Å²) in [6.45, 7) is 3.77. The molecule has 0 radical (unpaired) electrons. The second-order valence-electron chi connectivity index (χ2n) is 6.75. The summed E-state index contributed by atoms with van der Waals surface area (Å²) in [7, 11) is -3.92. The molecule has 2 aromatic heterocycles. The molecule has 29 heavy (non-hydrogen) atoms. The lowest BCUT2D eigenvalue weighted by atomic mass is 10.0. The number of hydrogen-bond acceptors (Lipinski definition) is 6. The van der Waals surface area contributed by atoms with E-state index in [0.29, 0.717) is 5.76 Å². The standard InChI is InChI=1S/C20H21N3O5S/c1-14(2)15-5-7-17(8-6-15)29(26,27)19-9-10-20(25)23(22-19)13-18(24)21-12-16-4-3-11-28-16/h3-11,14H,12-13H2,1-2H3,(H,21,24). The Morgan fingerprint density at radius 1 is 1.14 bits per heavy atom. The van der Waals surface area contributed by atoms with Gasteiger partial charge in [-0.2, -0.15) is 5.10 Å². The van der Waals surface area contributed by atoms with E-state index in [9.17, 15) is 18.0 Å². The molecule has 2 heterocycles. The number of amides is 1. The Morgan fingerprint density at radius 2 is 1.86 bits per heavy atom. The van der Waals surface area contributed by atoms with Gasteiger partial charge in [0.2, 0.25) is 15.7 Å². The number of sulfone groups is 1. The van der Waals surface area contributed by atoms with Crippen LogP contribution in [0.1, 0.15) is 31.1 Å². The number of hydrogen-bond donors (Lipinski definition) is 1. The number of rotatable bonds is 7. The number of benzene rings is 1. The highest BCUT2D eigenvalue weighted by molar-refractivity contribution is 7.91. The largest absolute Gasteiger partial charge is 0.467 e. The van der Waals surface area contributed by atoms with Crippen molar-refractivity contribution in [2.45, 2.75) is 42.8 Å². The van der Waals surface area contributed by atoms with E-state index >= 15 is 0 Å². The lowest BCUT2D eigenvalue weighted by molar-refractivity contribution is -0.122. The van der Waals surface area contributed by atoms with Crippen LogP contribution in [-0.2, 0) is 27.7 Å². The monoisotopic (exact) mass is 415 g/mol. The molecule has 1 aromatic carbocycles. The topological polar surface area (TPSA) is 111 Å². The van der Waals surface area contributed by atoms with Gasteiger partial charge in [-0.1, -0.05) is 26.0 Å². The van der Waals surface area contributed by atoms with Gasteiger partial charge in [-0.3, -0.25) is 9.59 Å². The zero-order chi connectivity index (χ0) is 21.0. The van der Waals surface area contributed by atoms with Crippen molar-refractivity contribution < 1.29 is 17.6 Å². The Hall–Kier alpha value is -3.20. The van der Waals surface area contributed by atoms with E-state index in [0.717, 1.165) is 22.4 Å². The van der Waals surface area contributed by atoms with Crippen molar-refractivity contribution in [1.82, 2.24) is 15.1 Å². The number of nitrogens with zero attached hydrogens (tertiary/aromatic N) is 2. The molecule has 0 aliphatic carbocycles. The molecule has 0 saturated heterocycles. The number of aromatic nitrogens is 2. The maximum atomic E-state index is 12.9. The molecule has 0 atom stereocenters. The molecule has 0 unspecified atom stereocenters. The van der Waals surface area contributed by atoms with Gasteiger partial charge in [-0.05, 0) is 41.8 Å². The molecule has 0 spiro atoms. The summed E-state index contributed by atoms with van der Waals surface area (Å²) >= 11 is 0. The molecule has 0 aliphatic heterocycles. The van der Waals surface area contributed by atoms with Crippen molar-refractivity contribution >= 4 is 15.7 Å². The first-order valence-electron chi connectivity index (χ1n) is 8.99. The third-order valence-corrected chi connectivity index (χ3v) is 5.97. The average molecular weight is 415 g/mol. The molecule has 1 N–H and O–H groups in total. The molecule has 3 rings (SSSR count). The predicted molar refractivity (Wildman–Crippen MR) is 105 cm³/mol. The smallest absolute Gasteiger partial charge is 0.267 e. The Balaban J connectivity index is 1.80. The summed E-state index contributed by atoms with van der Waals surface area (Å²) in [5.74, 6) is 0.332. The lowest BCUT2D eigenvalue weighted by Crippen LogP contribution is -2.33. The van der Waals surface area contributed by atoms with Crippen LogP contribution < -0.4 is 10.9 Å². The van der Waals surface area contributed by atoms with E-state index in [4.69, 9.17) is 4.42 Å². The van der Waals surface area contributed by atoms with Crippen LogP contribution in [0.25, 0.3) is 0 Å². The summed E-state index contributed by atoms with van der Waals surface area (Å²) in [4.78, 5) is 24.2. The van der Waals surface area contributed by atoms with Crippen LogP contribution in [0, 0.1) is 0 Å². The maximum Gasteiger partial charge on any atom is 0.267 e. The second kappa shape index (κ2) is 8.44. The van der Waals surface area contributed by atoms with Gasteiger partial charge in [0.05, 0.1) is 17.7 Å². The molecule has 9 heteroatoms. The molecule has 8 nitrogen and oxygen atoms in total. The fourth-order valence-electron chi connectivity index (χ4n) is 2.63.